The van der Waals surface area contributed by atoms with Crippen LogP contribution in [0.5, 0.6) is 0 Å². The van der Waals surface area contributed by atoms with E-state index in [-0.39, 0.29) is 0 Å². The molecule has 0 N–H and O–H groups in total. The Morgan fingerprint density at radius 1 is 0.150 bits per heavy atom. The van der Waals surface area contributed by atoms with Gasteiger partial charge in [-0.25, -0.2) is 0 Å². The van der Waals surface area contributed by atoms with Gasteiger partial charge in [0.1, 0.15) is 0 Å². The summed E-state index contributed by atoms with van der Waals surface area (Å²) in [7, 11) is 0. The molecule has 0 fully saturated rings. The predicted octanol–water partition coefficient (Wildman–Crippen LogP) is 11.0. The molecule has 16 rings (SSSR count). The van der Waals surface area contributed by atoms with Crippen molar-refractivity contribution in [1.82, 2.24) is 0 Å². The highest BCUT2D eigenvalue weighted by atomic mass is 14.1. The minimum absolute atomic E-state index is 1.19. The summed E-state index contributed by atoms with van der Waals surface area (Å²) < 4.78 is 0. The smallest absolute Gasteiger partial charge is 0.0184 e. The van der Waals surface area contributed by atoms with Gasteiger partial charge in [0.2, 0.25) is 0 Å². The van der Waals surface area contributed by atoms with E-state index in [2.05, 4.69) is 170 Å². The van der Waals surface area contributed by atoms with Crippen molar-refractivity contribution < 1.29 is 0 Å². The zero-order chi connectivity index (χ0) is 26.7. The van der Waals surface area contributed by atoms with Crippen LogP contribution < -0.4 is 0 Å². The zero-order valence-corrected chi connectivity index (χ0v) is 22.2. The highest BCUT2D eigenvalue weighted by Crippen LogP contribution is 2.28. The van der Waals surface area contributed by atoms with E-state index in [0.717, 1.165) is 0 Å². The molecule has 0 amide bonds. The first kappa shape index (κ1) is 23.9. The molecule has 0 unspecified atom stereocenters. The lowest BCUT2D eigenvalue weighted by Crippen LogP contribution is -1.83. The maximum absolute atomic E-state index is 2.21. The largest absolute Gasteiger partial charge is 0.0544 e. The van der Waals surface area contributed by atoms with Crippen LogP contribution in [0.1, 0.15) is 22.3 Å². The van der Waals surface area contributed by atoms with Crippen molar-refractivity contribution in [2.45, 2.75) is 0 Å². The van der Waals surface area contributed by atoms with E-state index in [1.54, 1.807) is 0 Å². The molecule has 12 bridgehead atoms. The summed E-state index contributed by atoms with van der Waals surface area (Å²) in [6.45, 7) is 0. The second-order valence-electron chi connectivity index (χ2n) is 10.3. The number of hydrogen-bond acceptors (Lipinski definition) is 0. The molecule has 0 heterocycles. The van der Waals surface area contributed by atoms with E-state index in [4.69, 9.17) is 0 Å². The lowest BCUT2D eigenvalue weighted by atomic mass is 9.98. The van der Waals surface area contributed by atoms with Gasteiger partial charge in [-0.15, -0.1) is 0 Å². The third-order valence-corrected chi connectivity index (χ3v) is 7.68. The summed E-state index contributed by atoms with van der Waals surface area (Å²) in [6, 6.07) is 52.7. The molecule has 0 atom stereocenters. The Bertz CT molecular complexity index is 1520. The Morgan fingerprint density at radius 2 is 0.275 bits per heavy atom. The highest BCUT2D eigenvalue weighted by molar-refractivity contribution is 5.77. The Balaban J connectivity index is 1.25. The average Bonchev–Trinajstić information content (AvgIpc) is 3.04. The van der Waals surface area contributed by atoms with E-state index in [9.17, 15) is 0 Å². The predicted molar refractivity (Wildman–Crippen MR) is 172 cm³/mol. The van der Waals surface area contributed by atoms with Crippen molar-refractivity contribution in [3.05, 3.63) is 168 Å². The van der Waals surface area contributed by atoms with Gasteiger partial charge in [0.15, 0.2) is 0 Å². The van der Waals surface area contributed by atoms with Crippen LogP contribution in [0.3, 0.4) is 0 Å². The minimum atomic E-state index is 1.19. The summed E-state index contributed by atoms with van der Waals surface area (Å²) >= 11 is 0. The second kappa shape index (κ2) is 10.5. The van der Waals surface area contributed by atoms with E-state index in [1.165, 1.54) is 66.8 Å². The zero-order valence-electron chi connectivity index (χ0n) is 22.2. The van der Waals surface area contributed by atoms with Gasteiger partial charge in [-0.2, -0.15) is 0 Å². The summed E-state index contributed by atoms with van der Waals surface area (Å²) in [6.07, 6.45) is 8.70. The van der Waals surface area contributed by atoms with E-state index >= 15 is 0 Å². The summed E-state index contributed by atoms with van der Waals surface area (Å²) in [5.41, 5.74) is 14.5. The first-order chi connectivity index (χ1) is 19.8. The van der Waals surface area contributed by atoms with Crippen LogP contribution in [0.25, 0.3) is 68.8 Å². The molecular weight excluding hydrogens is 480 g/mol. The van der Waals surface area contributed by atoms with Crippen LogP contribution in [-0.2, 0) is 0 Å². The quantitative estimate of drug-likeness (QED) is 0.191. The maximum atomic E-state index is 2.21. The lowest BCUT2D eigenvalue weighted by molar-refractivity contribution is 1.56. The third-order valence-electron chi connectivity index (χ3n) is 7.68. The first-order valence-corrected chi connectivity index (χ1v) is 13.7. The third kappa shape index (κ3) is 5.08. The van der Waals surface area contributed by atoms with Crippen LogP contribution in [0.2, 0.25) is 0 Å². The van der Waals surface area contributed by atoms with Crippen LogP contribution in [0.4, 0.5) is 0 Å². The molecule has 0 aliphatic heterocycles. The SMILES string of the molecule is C1=C\c2ccc(cc2)-c2ccc(cc2)-c2ccc(cc2)/C=C\c2ccc(cc2)-c2ccc(cc2)-c2ccc/1cc2. The van der Waals surface area contributed by atoms with Crippen molar-refractivity contribution in [3.63, 3.8) is 0 Å². The molecule has 0 aromatic heterocycles. The molecule has 40 heavy (non-hydrogen) atoms. The van der Waals surface area contributed by atoms with Gasteiger partial charge < -0.3 is 0 Å². The molecule has 6 aromatic carbocycles. The van der Waals surface area contributed by atoms with Gasteiger partial charge in [0.25, 0.3) is 0 Å². The summed E-state index contributed by atoms with van der Waals surface area (Å²) in [5, 5.41) is 0. The molecule has 6 aromatic rings. The Kier molecular flexibility index (Phi) is 6.28. The summed E-state index contributed by atoms with van der Waals surface area (Å²) in [4.78, 5) is 0. The van der Waals surface area contributed by atoms with Crippen LogP contribution in [-0.4, -0.2) is 0 Å². The molecule has 0 saturated heterocycles. The fraction of sp³-hybridized carbons (Fsp3) is 0. The minimum Gasteiger partial charge on any atom is -0.0544 e. The van der Waals surface area contributed by atoms with E-state index < -0.39 is 0 Å². The molecular formula is C40H28. The van der Waals surface area contributed by atoms with Gasteiger partial charge >= 0.3 is 0 Å². The van der Waals surface area contributed by atoms with Gasteiger partial charge in [-0.3, -0.25) is 0 Å². The van der Waals surface area contributed by atoms with Gasteiger partial charge in [0.05, 0.1) is 0 Å². The Labute approximate surface area is 236 Å². The van der Waals surface area contributed by atoms with Crippen LogP contribution in [0.15, 0.2) is 146 Å². The maximum Gasteiger partial charge on any atom is -0.0184 e. The van der Waals surface area contributed by atoms with Gasteiger partial charge in [0, 0.05) is 0 Å². The molecule has 0 radical (unpaired) electrons. The molecule has 0 saturated carbocycles. The topological polar surface area (TPSA) is 0 Å². The van der Waals surface area contributed by atoms with Crippen molar-refractivity contribution in [2.24, 2.45) is 0 Å². The Morgan fingerprint density at radius 3 is 0.425 bits per heavy atom. The fourth-order valence-corrected chi connectivity index (χ4v) is 5.24. The van der Waals surface area contributed by atoms with Gasteiger partial charge in [-0.1, -0.05) is 170 Å². The normalized spacial score (nSPS) is 13.4. The van der Waals surface area contributed by atoms with Crippen molar-refractivity contribution in [3.8, 4) is 44.5 Å². The van der Waals surface area contributed by atoms with Crippen molar-refractivity contribution in [1.29, 1.82) is 0 Å². The van der Waals surface area contributed by atoms with E-state index in [1.807, 2.05) is 0 Å². The standard InChI is InChI=1S/C40H28/c1-2-30-7-15-34(16-8-30)38-25-27-40(28-26-38)36-19-11-32(12-20-36)4-3-31-9-17-35(18-10-31)39-23-21-37(22-24-39)33-13-5-29(1)6-14-33/h1-28H/b2-1-,4-3-,29-1?,30-2?,31-3?,32-4?,37-33?,38-34?,39-35?,40-36?. The monoisotopic (exact) mass is 508 g/mol. The van der Waals surface area contributed by atoms with Crippen molar-refractivity contribution in [2.75, 3.05) is 0 Å². The van der Waals surface area contributed by atoms with Crippen molar-refractivity contribution >= 4 is 24.3 Å². The summed E-state index contributed by atoms with van der Waals surface area (Å²) in [5.74, 6) is 0. The second-order valence-corrected chi connectivity index (χ2v) is 10.3. The number of hydrogen-bond donors (Lipinski definition) is 0. The highest BCUT2D eigenvalue weighted by Gasteiger charge is 2.03. The number of benzene rings is 6. The Hall–Kier alpha value is -5.20. The average molecular weight is 509 g/mol. The molecule has 10 aliphatic carbocycles. The molecule has 188 valence electrons. The molecule has 0 spiro atoms. The first-order valence-electron chi connectivity index (χ1n) is 13.7. The number of rotatable bonds is 0. The molecule has 10 aliphatic rings. The fourth-order valence-electron chi connectivity index (χ4n) is 5.24. The van der Waals surface area contributed by atoms with E-state index in [0.29, 0.717) is 0 Å². The molecule has 0 nitrogen and oxygen atoms in total. The molecule has 0 heteroatoms. The van der Waals surface area contributed by atoms with Crippen LogP contribution >= 0.6 is 0 Å². The lowest BCUT2D eigenvalue weighted by Gasteiger charge is -2.07. The van der Waals surface area contributed by atoms with Gasteiger partial charge in [-0.05, 0) is 66.8 Å². The van der Waals surface area contributed by atoms with Crippen LogP contribution in [0, 0.1) is 0 Å².